The van der Waals surface area contributed by atoms with Crippen LogP contribution >= 0.6 is 11.3 Å². The zero-order valence-corrected chi connectivity index (χ0v) is 20.1. The van der Waals surface area contributed by atoms with Gasteiger partial charge in [-0.3, -0.25) is 19.7 Å². The number of rotatable bonds is 4. The van der Waals surface area contributed by atoms with Gasteiger partial charge in [-0.2, -0.15) is 5.10 Å². The standard InChI is InChI=1S/C26H23N5O2S/c1-15-8-7-9-18(12-15)25-27-22(14-34-25)21-13-16(2)31(17(21)3)29-24(32)23-19-10-5-6-11-20(19)26(33)30(4)28-23/h5-14H,1-4H3,(H,29,32). The Hall–Kier alpha value is -4.04. The van der Waals surface area contributed by atoms with Crippen molar-refractivity contribution in [2.24, 2.45) is 7.05 Å². The van der Waals surface area contributed by atoms with Crippen molar-refractivity contribution in [3.8, 4) is 21.8 Å². The first kappa shape index (κ1) is 21.8. The minimum absolute atomic E-state index is 0.196. The molecule has 0 atom stereocenters. The lowest BCUT2D eigenvalue weighted by molar-refractivity contribution is 0.100. The molecule has 0 fully saturated rings. The lowest BCUT2D eigenvalue weighted by Gasteiger charge is -2.13. The number of nitrogens with one attached hydrogen (secondary N) is 1. The lowest BCUT2D eigenvalue weighted by Crippen LogP contribution is -2.29. The van der Waals surface area contributed by atoms with Gasteiger partial charge in [0.05, 0.1) is 11.1 Å². The quantitative estimate of drug-likeness (QED) is 0.409. The van der Waals surface area contributed by atoms with Gasteiger partial charge >= 0.3 is 0 Å². The van der Waals surface area contributed by atoms with Crippen molar-refractivity contribution in [2.75, 3.05) is 5.43 Å². The average Bonchev–Trinajstić information content (AvgIpc) is 3.42. The molecule has 3 heterocycles. The van der Waals surface area contributed by atoms with Crippen LogP contribution in [0.1, 0.15) is 27.4 Å². The molecule has 8 heteroatoms. The van der Waals surface area contributed by atoms with Crippen molar-refractivity contribution in [1.82, 2.24) is 19.4 Å². The summed E-state index contributed by atoms with van der Waals surface area (Å²) in [6.45, 7) is 5.94. The topological polar surface area (TPSA) is 81.8 Å². The van der Waals surface area contributed by atoms with Crippen molar-refractivity contribution in [3.05, 3.63) is 93.0 Å². The third-order valence-corrected chi connectivity index (χ3v) is 6.75. The largest absolute Gasteiger partial charge is 0.291 e. The second kappa shape index (κ2) is 8.39. The van der Waals surface area contributed by atoms with E-state index in [0.29, 0.717) is 10.8 Å². The molecule has 3 aromatic heterocycles. The van der Waals surface area contributed by atoms with E-state index in [9.17, 15) is 9.59 Å². The van der Waals surface area contributed by atoms with E-state index in [4.69, 9.17) is 4.98 Å². The van der Waals surface area contributed by atoms with Crippen LogP contribution in [0.25, 0.3) is 32.6 Å². The van der Waals surface area contributed by atoms with E-state index < -0.39 is 0 Å². The number of fused-ring (bicyclic) bond motifs is 1. The van der Waals surface area contributed by atoms with E-state index in [1.54, 1.807) is 47.3 Å². The maximum atomic E-state index is 13.2. The Bertz CT molecular complexity index is 1630. The highest BCUT2D eigenvalue weighted by molar-refractivity contribution is 7.13. The third kappa shape index (κ3) is 3.72. The summed E-state index contributed by atoms with van der Waals surface area (Å²) in [5.74, 6) is -0.390. The van der Waals surface area contributed by atoms with Crippen molar-refractivity contribution in [1.29, 1.82) is 0 Å². The van der Waals surface area contributed by atoms with Gasteiger partial charge in [-0.15, -0.1) is 11.3 Å². The number of aryl methyl sites for hydroxylation is 3. The number of aromatic nitrogens is 4. The molecular weight excluding hydrogens is 446 g/mol. The van der Waals surface area contributed by atoms with Crippen LogP contribution < -0.4 is 11.0 Å². The monoisotopic (exact) mass is 469 g/mol. The number of amides is 1. The van der Waals surface area contributed by atoms with Crippen LogP contribution in [0.4, 0.5) is 0 Å². The molecule has 1 amide bonds. The molecule has 0 radical (unpaired) electrons. The van der Waals surface area contributed by atoms with Gasteiger partial charge in [0.2, 0.25) is 0 Å². The van der Waals surface area contributed by atoms with E-state index in [0.717, 1.165) is 33.2 Å². The molecule has 34 heavy (non-hydrogen) atoms. The fourth-order valence-electron chi connectivity index (χ4n) is 4.12. The fraction of sp³-hybridized carbons (Fsp3) is 0.154. The zero-order valence-electron chi connectivity index (χ0n) is 19.3. The summed E-state index contributed by atoms with van der Waals surface area (Å²) in [7, 11) is 1.55. The van der Waals surface area contributed by atoms with Crippen LogP contribution in [0.3, 0.4) is 0 Å². The van der Waals surface area contributed by atoms with Gasteiger partial charge in [0, 0.05) is 40.3 Å². The van der Waals surface area contributed by atoms with Crippen molar-refractivity contribution in [3.63, 3.8) is 0 Å². The fourth-order valence-corrected chi connectivity index (χ4v) is 4.94. The van der Waals surface area contributed by atoms with Gasteiger partial charge in [0.25, 0.3) is 11.5 Å². The highest BCUT2D eigenvalue weighted by Gasteiger charge is 2.19. The minimum Gasteiger partial charge on any atom is -0.267 e. The highest BCUT2D eigenvalue weighted by Crippen LogP contribution is 2.32. The first-order valence-corrected chi connectivity index (χ1v) is 11.7. The molecule has 0 aliphatic carbocycles. The highest BCUT2D eigenvalue weighted by atomic mass is 32.1. The lowest BCUT2D eigenvalue weighted by atomic mass is 10.1. The van der Waals surface area contributed by atoms with Gasteiger partial charge in [0.15, 0.2) is 5.69 Å². The SMILES string of the molecule is Cc1cccc(-c2nc(-c3cc(C)n(NC(=O)c4nn(C)c(=O)c5ccccc45)c3C)cs2)c1. The Morgan fingerprint density at radius 1 is 1.00 bits per heavy atom. The minimum atomic E-state index is -0.390. The Morgan fingerprint density at radius 3 is 2.53 bits per heavy atom. The van der Waals surface area contributed by atoms with Crippen LogP contribution in [0.2, 0.25) is 0 Å². The molecule has 5 aromatic rings. The Balaban J connectivity index is 1.49. The summed E-state index contributed by atoms with van der Waals surface area (Å²) < 4.78 is 2.94. The number of carbonyl (C=O) groups is 1. The molecule has 0 bridgehead atoms. The number of nitrogens with zero attached hydrogens (tertiary/aromatic N) is 4. The molecule has 7 nitrogen and oxygen atoms in total. The second-order valence-corrected chi connectivity index (χ2v) is 9.15. The second-order valence-electron chi connectivity index (χ2n) is 8.29. The normalized spacial score (nSPS) is 11.2. The molecule has 0 unspecified atom stereocenters. The number of carbonyl (C=O) groups excluding carboxylic acids is 1. The Kier molecular flexibility index (Phi) is 5.37. The maximum Gasteiger partial charge on any atom is 0.291 e. The summed E-state index contributed by atoms with van der Waals surface area (Å²) in [4.78, 5) is 30.5. The van der Waals surface area contributed by atoms with Gasteiger partial charge in [0.1, 0.15) is 5.01 Å². The zero-order chi connectivity index (χ0) is 24.0. The van der Waals surface area contributed by atoms with E-state index >= 15 is 0 Å². The molecule has 0 aliphatic heterocycles. The average molecular weight is 470 g/mol. The molecule has 0 aliphatic rings. The van der Waals surface area contributed by atoms with Crippen LogP contribution in [0.5, 0.6) is 0 Å². The van der Waals surface area contributed by atoms with Crippen molar-refractivity contribution >= 4 is 28.0 Å². The summed E-state index contributed by atoms with van der Waals surface area (Å²) >= 11 is 1.60. The molecule has 2 aromatic carbocycles. The predicted molar refractivity (Wildman–Crippen MR) is 136 cm³/mol. The van der Waals surface area contributed by atoms with Crippen LogP contribution in [-0.4, -0.2) is 25.3 Å². The molecular formula is C26H23N5O2S. The maximum absolute atomic E-state index is 13.2. The van der Waals surface area contributed by atoms with Gasteiger partial charge in [-0.05, 0) is 39.0 Å². The van der Waals surface area contributed by atoms with Gasteiger partial charge in [-0.1, -0.05) is 42.0 Å². The van der Waals surface area contributed by atoms with Crippen LogP contribution in [-0.2, 0) is 7.05 Å². The summed E-state index contributed by atoms with van der Waals surface area (Å²) in [6.07, 6.45) is 0. The summed E-state index contributed by atoms with van der Waals surface area (Å²) in [5, 5.41) is 8.20. The van der Waals surface area contributed by atoms with Crippen LogP contribution in [0.15, 0.2) is 64.8 Å². The number of hydrogen-bond acceptors (Lipinski definition) is 5. The number of benzene rings is 2. The van der Waals surface area contributed by atoms with Gasteiger partial charge in [-0.25, -0.2) is 9.67 Å². The van der Waals surface area contributed by atoms with Crippen LogP contribution in [0, 0.1) is 20.8 Å². The van der Waals surface area contributed by atoms with E-state index in [2.05, 4.69) is 35.6 Å². The Labute approximate surface area is 200 Å². The first-order valence-electron chi connectivity index (χ1n) is 10.8. The van der Waals surface area contributed by atoms with Crippen molar-refractivity contribution in [2.45, 2.75) is 20.8 Å². The van der Waals surface area contributed by atoms with E-state index in [1.165, 1.54) is 10.2 Å². The van der Waals surface area contributed by atoms with E-state index in [1.807, 2.05) is 31.4 Å². The number of thiazole rings is 1. The predicted octanol–water partition coefficient (Wildman–Crippen LogP) is 4.83. The third-order valence-electron chi connectivity index (χ3n) is 5.86. The molecule has 0 saturated carbocycles. The molecule has 0 spiro atoms. The summed E-state index contributed by atoms with van der Waals surface area (Å²) in [5.41, 5.74) is 8.72. The smallest absolute Gasteiger partial charge is 0.267 e. The van der Waals surface area contributed by atoms with Crippen molar-refractivity contribution < 1.29 is 4.79 Å². The molecule has 170 valence electrons. The Morgan fingerprint density at radius 2 is 1.76 bits per heavy atom. The number of hydrogen-bond donors (Lipinski definition) is 1. The summed E-state index contributed by atoms with van der Waals surface area (Å²) in [6, 6.07) is 17.3. The molecule has 1 N–H and O–H groups in total. The molecule has 5 rings (SSSR count). The molecule has 0 saturated heterocycles. The van der Waals surface area contributed by atoms with E-state index in [-0.39, 0.29) is 17.2 Å². The van der Waals surface area contributed by atoms with Gasteiger partial charge < -0.3 is 0 Å². The first-order chi connectivity index (χ1) is 16.3.